The lowest BCUT2D eigenvalue weighted by Crippen LogP contribution is -2.43. The lowest BCUT2D eigenvalue weighted by Gasteiger charge is -2.22. The van der Waals surface area contributed by atoms with E-state index >= 15 is 0 Å². The molecule has 18 heavy (non-hydrogen) atoms. The molecule has 0 radical (unpaired) electrons. The first-order valence-electron chi connectivity index (χ1n) is 6.69. The van der Waals surface area contributed by atoms with Gasteiger partial charge in [-0.05, 0) is 32.2 Å². The average molecular weight is 246 g/mol. The highest BCUT2D eigenvalue weighted by atomic mass is 16.2. The number of amides is 1. The van der Waals surface area contributed by atoms with Crippen LogP contribution in [0.2, 0.25) is 0 Å². The molecule has 1 atom stereocenters. The summed E-state index contributed by atoms with van der Waals surface area (Å²) in [5.41, 5.74) is 0.691. The molecule has 0 bridgehead atoms. The van der Waals surface area contributed by atoms with Gasteiger partial charge in [-0.2, -0.15) is 0 Å². The topological polar surface area (TPSA) is 66.9 Å². The molecule has 96 valence electrons. The lowest BCUT2D eigenvalue weighted by atomic mass is 10.0. The fraction of sp³-hybridized carbons (Fsp3) is 0.615. The molecule has 2 aliphatic rings. The van der Waals surface area contributed by atoms with Crippen molar-refractivity contribution in [2.75, 3.05) is 11.9 Å². The van der Waals surface area contributed by atoms with Gasteiger partial charge in [-0.1, -0.05) is 6.42 Å². The zero-order valence-corrected chi connectivity index (χ0v) is 10.4. The maximum atomic E-state index is 12.0. The summed E-state index contributed by atoms with van der Waals surface area (Å²) in [5, 5.41) is 6.10. The fourth-order valence-electron chi connectivity index (χ4n) is 2.26. The van der Waals surface area contributed by atoms with E-state index in [0.29, 0.717) is 11.6 Å². The van der Waals surface area contributed by atoms with Crippen LogP contribution in [-0.4, -0.2) is 28.5 Å². The minimum absolute atomic E-state index is 0.0254. The number of hydrogen-bond donors (Lipinski definition) is 2. The van der Waals surface area contributed by atoms with Gasteiger partial charge >= 0.3 is 0 Å². The number of aromatic nitrogens is 2. The van der Waals surface area contributed by atoms with E-state index in [2.05, 4.69) is 20.6 Å². The fourth-order valence-corrected chi connectivity index (χ4v) is 2.26. The van der Waals surface area contributed by atoms with Crippen molar-refractivity contribution in [1.82, 2.24) is 15.3 Å². The zero-order chi connectivity index (χ0) is 12.4. The Hall–Kier alpha value is -1.49. The minimum Gasteiger partial charge on any atom is -0.322 e. The predicted molar refractivity (Wildman–Crippen MR) is 68.3 cm³/mol. The van der Waals surface area contributed by atoms with Crippen LogP contribution in [-0.2, 0) is 4.79 Å². The van der Waals surface area contributed by atoms with Crippen LogP contribution in [0.5, 0.6) is 0 Å². The standard InChI is InChI=1S/C13H18N4O/c18-13(11-3-1-2-6-14-11)17-10-7-15-12(16-8-10)9-4-5-9/h7-9,11,14H,1-6H2,(H,17,18)/t11-/m1/s1. The summed E-state index contributed by atoms with van der Waals surface area (Å²) in [7, 11) is 0. The van der Waals surface area contributed by atoms with Gasteiger partial charge in [0.2, 0.25) is 5.91 Å². The molecular weight excluding hydrogens is 228 g/mol. The second kappa shape index (κ2) is 5.02. The third-order valence-electron chi connectivity index (χ3n) is 3.51. The molecule has 1 saturated heterocycles. The van der Waals surface area contributed by atoms with Gasteiger partial charge in [0.15, 0.2) is 0 Å². The summed E-state index contributed by atoms with van der Waals surface area (Å²) in [5.74, 6) is 1.48. The average Bonchev–Trinajstić information content (AvgIpc) is 3.25. The maximum absolute atomic E-state index is 12.0. The van der Waals surface area contributed by atoms with Gasteiger partial charge in [-0.25, -0.2) is 9.97 Å². The minimum atomic E-state index is -0.0677. The maximum Gasteiger partial charge on any atom is 0.241 e. The van der Waals surface area contributed by atoms with Crippen LogP contribution in [0.15, 0.2) is 12.4 Å². The molecule has 1 amide bonds. The molecule has 1 aromatic heterocycles. The van der Waals surface area contributed by atoms with E-state index < -0.39 is 0 Å². The summed E-state index contributed by atoms with van der Waals surface area (Å²) in [4.78, 5) is 20.6. The highest BCUT2D eigenvalue weighted by Gasteiger charge is 2.26. The quantitative estimate of drug-likeness (QED) is 0.846. The molecule has 0 unspecified atom stereocenters. The van der Waals surface area contributed by atoms with E-state index in [1.807, 2.05) is 0 Å². The number of carbonyl (C=O) groups is 1. The summed E-state index contributed by atoms with van der Waals surface area (Å²) < 4.78 is 0. The van der Waals surface area contributed by atoms with Gasteiger partial charge in [-0.15, -0.1) is 0 Å². The first-order valence-corrected chi connectivity index (χ1v) is 6.69. The van der Waals surface area contributed by atoms with Gasteiger partial charge in [0.1, 0.15) is 5.82 Å². The second-order valence-electron chi connectivity index (χ2n) is 5.10. The molecule has 2 N–H and O–H groups in total. The Kier molecular flexibility index (Phi) is 3.23. The molecule has 5 nitrogen and oxygen atoms in total. The van der Waals surface area contributed by atoms with E-state index in [1.54, 1.807) is 12.4 Å². The van der Waals surface area contributed by atoms with Gasteiger partial charge in [-0.3, -0.25) is 4.79 Å². The zero-order valence-electron chi connectivity index (χ0n) is 10.4. The number of anilines is 1. The first-order chi connectivity index (χ1) is 8.83. The largest absolute Gasteiger partial charge is 0.322 e. The Labute approximate surface area is 106 Å². The third kappa shape index (κ3) is 2.67. The number of rotatable bonds is 3. The van der Waals surface area contributed by atoms with E-state index in [1.165, 1.54) is 12.8 Å². The van der Waals surface area contributed by atoms with Crippen LogP contribution in [0.3, 0.4) is 0 Å². The van der Waals surface area contributed by atoms with E-state index in [9.17, 15) is 4.79 Å². The number of hydrogen-bond acceptors (Lipinski definition) is 4. The van der Waals surface area contributed by atoms with Crippen molar-refractivity contribution in [3.05, 3.63) is 18.2 Å². The van der Waals surface area contributed by atoms with Gasteiger partial charge in [0, 0.05) is 5.92 Å². The van der Waals surface area contributed by atoms with Crippen molar-refractivity contribution in [3.8, 4) is 0 Å². The predicted octanol–water partition coefficient (Wildman–Crippen LogP) is 1.43. The van der Waals surface area contributed by atoms with E-state index in [0.717, 1.165) is 31.6 Å². The highest BCUT2D eigenvalue weighted by molar-refractivity contribution is 5.94. The Balaban J connectivity index is 1.59. The summed E-state index contributed by atoms with van der Waals surface area (Å²) in [6.07, 6.45) is 8.98. The molecule has 1 saturated carbocycles. The lowest BCUT2D eigenvalue weighted by molar-refractivity contribution is -0.118. The molecule has 5 heteroatoms. The van der Waals surface area contributed by atoms with Gasteiger partial charge in [0.25, 0.3) is 0 Å². The van der Waals surface area contributed by atoms with Crippen LogP contribution in [0.25, 0.3) is 0 Å². The SMILES string of the molecule is O=C(Nc1cnc(C2CC2)nc1)[C@H]1CCCCN1. The number of carbonyl (C=O) groups excluding carboxylic acids is 1. The summed E-state index contributed by atoms with van der Waals surface area (Å²) in [6.45, 7) is 0.926. The van der Waals surface area contributed by atoms with Crippen molar-refractivity contribution in [2.24, 2.45) is 0 Å². The molecule has 1 aliphatic carbocycles. The molecule has 1 aromatic rings. The summed E-state index contributed by atoms with van der Waals surface area (Å²) in [6, 6.07) is -0.0677. The number of piperidine rings is 1. The molecule has 1 aliphatic heterocycles. The van der Waals surface area contributed by atoms with Crippen molar-refractivity contribution in [1.29, 1.82) is 0 Å². The monoisotopic (exact) mass is 246 g/mol. The molecule has 0 spiro atoms. The van der Waals surface area contributed by atoms with Gasteiger partial charge < -0.3 is 10.6 Å². The normalized spacial score (nSPS) is 23.7. The van der Waals surface area contributed by atoms with Crippen molar-refractivity contribution in [3.63, 3.8) is 0 Å². The van der Waals surface area contributed by atoms with E-state index in [-0.39, 0.29) is 11.9 Å². The smallest absolute Gasteiger partial charge is 0.241 e. The Morgan fingerprint density at radius 3 is 2.61 bits per heavy atom. The number of nitrogens with zero attached hydrogens (tertiary/aromatic N) is 2. The Morgan fingerprint density at radius 1 is 1.22 bits per heavy atom. The highest BCUT2D eigenvalue weighted by Crippen LogP contribution is 2.37. The van der Waals surface area contributed by atoms with Crippen molar-refractivity contribution < 1.29 is 4.79 Å². The molecule has 2 fully saturated rings. The number of nitrogens with one attached hydrogen (secondary N) is 2. The van der Waals surface area contributed by atoms with Gasteiger partial charge in [0.05, 0.1) is 24.1 Å². The first kappa shape index (κ1) is 11.6. The van der Waals surface area contributed by atoms with Crippen molar-refractivity contribution in [2.45, 2.75) is 44.1 Å². The Morgan fingerprint density at radius 2 is 2.00 bits per heavy atom. The molecule has 0 aromatic carbocycles. The van der Waals surface area contributed by atoms with Crippen LogP contribution < -0.4 is 10.6 Å². The molecule has 2 heterocycles. The summed E-state index contributed by atoms with van der Waals surface area (Å²) >= 11 is 0. The van der Waals surface area contributed by atoms with E-state index in [4.69, 9.17) is 0 Å². The third-order valence-corrected chi connectivity index (χ3v) is 3.51. The van der Waals surface area contributed by atoms with Crippen molar-refractivity contribution >= 4 is 11.6 Å². The molecule has 3 rings (SSSR count). The van der Waals surface area contributed by atoms with Crippen LogP contribution >= 0.6 is 0 Å². The molecular formula is C13H18N4O. The van der Waals surface area contributed by atoms with Crippen LogP contribution in [0, 0.1) is 0 Å². The van der Waals surface area contributed by atoms with Crippen LogP contribution in [0.4, 0.5) is 5.69 Å². The Bertz CT molecular complexity index is 421. The van der Waals surface area contributed by atoms with Crippen LogP contribution in [0.1, 0.15) is 43.8 Å². The second-order valence-corrected chi connectivity index (χ2v) is 5.10.